The molecule has 0 saturated carbocycles. The van der Waals surface area contributed by atoms with Crippen LogP contribution >= 0.6 is 15.9 Å². The van der Waals surface area contributed by atoms with Gasteiger partial charge in [-0.2, -0.15) is 0 Å². The number of hydrogen-bond donors (Lipinski definition) is 0. The summed E-state index contributed by atoms with van der Waals surface area (Å²) in [4.78, 5) is 0. The van der Waals surface area contributed by atoms with E-state index in [1.54, 1.807) is 7.11 Å². The predicted octanol–water partition coefficient (Wildman–Crippen LogP) is 4.26. The molecule has 0 amide bonds. The SMILES string of the molecule is COc1ccc(-c2ccccc2)cc1CBr. The van der Waals surface area contributed by atoms with Gasteiger partial charge in [0.1, 0.15) is 5.75 Å². The van der Waals surface area contributed by atoms with E-state index in [1.807, 2.05) is 24.3 Å². The van der Waals surface area contributed by atoms with Gasteiger partial charge in [-0.25, -0.2) is 0 Å². The number of alkyl halides is 1. The van der Waals surface area contributed by atoms with Crippen LogP contribution in [0.2, 0.25) is 0 Å². The Morgan fingerprint density at radius 2 is 1.75 bits per heavy atom. The van der Waals surface area contributed by atoms with Crippen molar-refractivity contribution in [2.45, 2.75) is 5.33 Å². The fourth-order valence-electron chi connectivity index (χ4n) is 1.69. The molecule has 0 fully saturated rings. The quantitative estimate of drug-likeness (QED) is 0.762. The van der Waals surface area contributed by atoms with Gasteiger partial charge in [0.25, 0.3) is 0 Å². The summed E-state index contributed by atoms with van der Waals surface area (Å²) in [6, 6.07) is 16.6. The molecule has 2 rings (SSSR count). The van der Waals surface area contributed by atoms with Gasteiger partial charge in [-0.15, -0.1) is 0 Å². The van der Waals surface area contributed by atoms with E-state index in [1.165, 1.54) is 16.7 Å². The summed E-state index contributed by atoms with van der Waals surface area (Å²) in [5.41, 5.74) is 3.62. The van der Waals surface area contributed by atoms with Gasteiger partial charge in [0.05, 0.1) is 7.11 Å². The molecule has 0 heterocycles. The summed E-state index contributed by atoms with van der Waals surface area (Å²) in [7, 11) is 1.70. The van der Waals surface area contributed by atoms with Crippen molar-refractivity contribution < 1.29 is 4.74 Å². The molecular weight excluding hydrogens is 264 g/mol. The zero-order valence-electron chi connectivity index (χ0n) is 9.11. The molecule has 16 heavy (non-hydrogen) atoms. The maximum Gasteiger partial charge on any atom is 0.122 e. The smallest absolute Gasteiger partial charge is 0.122 e. The zero-order chi connectivity index (χ0) is 11.4. The lowest BCUT2D eigenvalue weighted by Crippen LogP contribution is -1.90. The van der Waals surface area contributed by atoms with Crippen molar-refractivity contribution in [2.24, 2.45) is 0 Å². The Bertz CT molecular complexity index is 465. The summed E-state index contributed by atoms with van der Waals surface area (Å²) in [6.07, 6.45) is 0. The van der Waals surface area contributed by atoms with E-state index < -0.39 is 0 Å². The molecule has 0 aliphatic heterocycles. The lowest BCUT2D eigenvalue weighted by Gasteiger charge is -2.08. The highest BCUT2D eigenvalue weighted by Crippen LogP contribution is 2.27. The van der Waals surface area contributed by atoms with E-state index in [4.69, 9.17) is 4.74 Å². The van der Waals surface area contributed by atoms with Crippen molar-refractivity contribution in [1.82, 2.24) is 0 Å². The van der Waals surface area contributed by atoms with Gasteiger partial charge in [-0.1, -0.05) is 52.3 Å². The average molecular weight is 277 g/mol. The second kappa shape index (κ2) is 5.17. The minimum Gasteiger partial charge on any atom is -0.496 e. The molecule has 0 aromatic heterocycles. The number of hydrogen-bond acceptors (Lipinski definition) is 1. The third kappa shape index (κ3) is 2.27. The molecule has 2 aromatic rings. The normalized spacial score (nSPS) is 10.1. The van der Waals surface area contributed by atoms with Crippen LogP contribution in [0.5, 0.6) is 5.75 Å². The predicted molar refractivity (Wildman–Crippen MR) is 71.1 cm³/mol. The monoisotopic (exact) mass is 276 g/mol. The van der Waals surface area contributed by atoms with Crippen LogP contribution in [0.3, 0.4) is 0 Å². The Kier molecular flexibility index (Phi) is 3.62. The minimum atomic E-state index is 0.802. The molecular formula is C14H13BrO. The third-order valence-corrected chi connectivity index (χ3v) is 3.14. The van der Waals surface area contributed by atoms with Gasteiger partial charge in [-0.05, 0) is 23.3 Å². The maximum atomic E-state index is 5.30. The van der Waals surface area contributed by atoms with Gasteiger partial charge in [0, 0.05) is 10.9 Å². The van der Waals surface area contributed by atoms with Gasteiger partial charge in [0.15, 0.2) is 0 Å². The third-order valence-electron chi connectivity index (χ3n) is 2.53. The molecule has 0 atom stereocenters. The Hall–Kier alpha value is -1.28. The number of halogens is 1. The Morgan fingerprint density at radius 1 is 1.00 bits per heavy atom. The molecule has 0 bridgehead atoms. The molecule has 82 valence electrons. The van der Waals surface area contributed by atoms with Crippen molar-refractivity contribution in [3.05, 3.63) is 54.1 Å². The van der Waals surface area contributed by atoms with Crippen LogP contribution in [0, 0.1) is 0 Å². The van der Waals surface area contributed by atoms with Gasteiger partial charge >= 0.3 is 0 Å². The van der Waals surface area contributed by atoms with E-state index in [0.717, 1.165) is 11.1 Å². The van der Waals surface area contributed by atoms with E-state index in [9.17, 15) is 0 Å². The van der Waals surface area contributed by atoms with E-state index >= 15 is 0 Å². The maximum absolute atomic E-state index is 5.30. The Balaban J connectivity index is 2.44. The first-order valence-electron chi connectivity index (χ1n) is 5.13. The summed E-state index contributed by atoms with van der Waals surface area (Å²) < 4.78 is 5.30. The van der Waals surface area contributed by atoms with Gasteiger partial charge < -0.3 is 4.74 Å². The minimum absolute atomic E-state index is 0.802. The molecule has 0 radical (unpaired) electrons. The summed E-state index contributed by atoms with van der Waals surface area (Å²) in [5, 5.41) is 0.802. The lowest BCUT2D eigenvalue weighted by molar-refractivity contribution is 0.411. The largest absolute Gasteiger partial charge is 0.496 e. The van der Waals surface area contributed by atoms with Crippen LogP contribution in [-0.4, -0.2) is 7.11 Å². The average Bonchev–Trinajstić information content (AvgIpc) is 2.39. The highest BCUT2D eigenvalue weighted by Gasteiger charge is 2.04. The molecule has 0 saturated heterocycles. The second-order valence-corrected chi connectivity index (χ2v) is 4.09. The van der Waals surface area contributed by atoms with Crippen LogP contribution in [0.15, 0.2) is 48.5 Å². The first-order chi connectivity index (χ1) is 7.85. The first kappa shape index (κ1) is 11.2. The van der Waals surface area contributed by atoms with Crippen molar-refractivity contribution in [2.75, 3.05) is 7.11 Å². The molecule has 2 heteroatoms. The number of methoxy groups -OCH3 is 1. The van der Waals surface area contributed by atoms with Crippen molar-refractivity contribution in [3.8, 4) is 16.9 Å². The Labute approximate surface area is 104 Å². The highest BCUT2D eigenvalue weighted by molar-refractivity contribution is 9.08. The molecule has 0 unspecified atom stereocenters. The first-order valence-corrected chi connectivity index (χ1v) is 6.25. The summed E-state index contributed by atoms with van der Waals surface area (Å²) >= 11 is 3.48. The number of benzene rings is 2. The van der Waals surface area contributed by atoms with E-state index in [0.29, 0.717) is 0 Å². The standard InChI is InChI=1S/C14H13BrO/c1-16-14-8-7-12(9-13(14)10-15)11-5-3-2-4-6-11/h2-9H,10H2,1H3. The summed E-state index contributed by atoms with van der Waals surface area (Å²) in [5.74, 6) is 0.927. The zero-order valence-corrected chi connectivity index (χ0v) is 10.7. The molecule has 0 spiro atoms. The Morgan fingerprint density at radius 3 is 2.38 bits per heavy atom. The van der Waals surface area contributed by atoms with Crippen molar-refractivity contribution in [1.29, 1.82) is 0 Å². The topological polar surface area (TPSA) is 9.23 Å². The molecule has 1 nitrogen and oxygen atoms in total. The van der Waals surface area contributed by atoms with Crippen LogP contribution in [-0.2, 0) is 5.33 Å². The molecule has 0 N–H and O–H groups in total. The fourth-order valence-corrected chi connectivity index (χ4v) is 2.13. The van der Waals surface area contributed by atoms with Crippen LogP contribution < -0.4 is 4.74 Å². The van der Waals surface area contributed by atoms with E-state index in [-0.39, 0.29) is 0 Å². The van der Waals surface area contributed by atoms with Crippen LogP contribution in [0.25, 0.3) is 11.1 Å². The lowest BCUT2D eigenvalue weighted by atomic mass is 10.0. The molecule has 0 aliphatic rings. The number of rotatable bonds is 3. The highest BCUT2D eigenvalue weighted by atomic mass is 79.9. The van der Waals surface area contributed by atoms with Crippen molar-refractivity contribution >= 4 is 15.9 Å². The van der Waals surface area contributed by atoms with Gasteiger partial charge in [-0.3, -0.25) is 0 Å². The molecule has 2 aromatic carbocycles. The molecule has 0 aliphatic carbocycles. The second-order valence-electron chi connectivity index (χ2n) is 3.53. The van der Waals surface area contributed by atoms with Crippen molar-refractivity contribution in [3.63, 3.8) is 0 Å². The fraction of sp³-hybridized carbons (Fsp3) is 0.143. The van der Waals surface area contributed by atoms with Gasteiger partial charge in [0.2, 0.25) is 0 Å². The van der Waals surface area contributed by atoms with Crippen LogP contribution in [0.1, 0.15) is 5.56 Å². The summed E-state index contributed by atoms with van der Waals surface area (Å²) in [6.45, 7) is 0. The van der Waals surface area contributed by atoms with Crippen LogP contribution in [0.4, 0.5) is 0 Å². The van der Waals surface area contributed by atoms with E-state index in [2.05, 4.69) is 40.2 Å². The number of ether oxygens (including phenoxy) is 1.